The van der Waals surface area contributed by atoms with Gasteiger partial charge >= 0.3 is 0 Å². The first-order valence-electron chi connectivity index (χ1n) is 8.63. The zero-order chi connectivity index (χ0) is 16.7. The second-order valence-electron chi connectivity index (χ2n) is 6.99. The Morgan fingerprint density at radius 1 is 1.00 bits per heavy atom. The third kappa shape index (κ3) is 2.87. The molecule has 1 saturated heterocycles. The maximum Gasteiger partial charge on any atom is 0.134 e. The van der Waals surface area contributed by atoms with E-state index >= 15 is 0 Å². The van der Waals surface area contributed by atoms with Crippen molar-refractivity contribution >= 4 is 0 Å². The molecule has 4 nitrogen and oxygen atoms in total. The number of piperazine rings is 1. The first-order chi connectivity index (χ1) is 11.6. The molecule has 126 valence electrons. The standard InChI is InChI=1S/C20H24N2O2/c1-14-3-6-19-17(11-14)18(22-9-7-21(2)8-10-22)12-15-4-5-16(23)13-20(15)24-19/h3-6,11,13,18,23H,7-10,12H2,1-2H3. The van der Waals surface area contributed by atoms with Crippen LogP contribution < -0.4 is 4.74 Å². The van der Waals surface area contributed by atoms with Gasteiger partial charge in [0, 0.05) is 43.9 Å². The lowest BCUT2D eigenvalue weighted by molar-refractivity contribution is 0.111. The number of benzene rings is 2. The monoisotopic (exact) mass is 324 g/mol. The van der Waals surface area contributed by atoms with E-state index in [9.17, 15) is 5.11 Å². The highest BCUT2D eigenvalue weighted by atomic mass is 16.5. The Kier molecular flexibility index (Phi) is 3.94. The molecule has 0 radical (unpaired) electrons. The van der Waals surface area contributed by atoms with Crippen molar-refractivity contribution in [2.45, 2.75) is 19.4 Å². The maximum absolute atomic E-state index is 9.82. The summed E-state index contributed by atoms with van der Waals surface area (Å²) in [5, 5.41) is 9.82. The van der Waals surface area contributed by atoms with Crippen LogP contribution in [-0.4, -0.2) is 48.1 Å². The van der Waals surface area contributed by atoms with Crippen molar-refractivity contribution in [1.29, 1.82) is 0 Å². The largest absolute Gasteiger partial charge is 0.508 e. The van der Waals surface area contributed by atoms with E-state index in [0.717, 1.165) is 49.7 Å². The average Bonchev–Trinajstić information content (AvgIpc) is 2.72. The number of phenols is 1. The van der Waals surface area contributed by atoms with E-state index in [-0.39, 0.29) is 5.75 Å². The Hall–Kier alpha value is -2.04. The minimum atomic E-state index is 0.250. The summed E-state index contributed by atoms with van der Waals surface area (Å²) in [4.78, 5) is 4.95. The molecule has 2 aromatic rings. The van der Waals surface area contributed by atoms with Crippen LogP contribution in [0.15, 0.2) is 36.4 Å². The quantitative estimate of drug-likeness (QED) is 0.873. The van der Waals surface area contributed by atoms with Crippen LogP contribution in [0.4, 0.5) is 0 Å². The number of nitrogens with zero attached hydrogens (tertiary/aromatic N) is 2. The van der Waals surface area contributed by atoms with Crippen LogP contribution >= 0.6 is 0 Å². The lowest BCUT2D eigenvalue weighted by Crippen LogP contribution is -2.46. The van der Waals surface area contributed by atoms with Crippen LogP contribution in [0.1, 0.15) is 22.7 Å². The molecule has 0 aromatic heterocycles. The lowest BCUT2D eigenvalue weighted by atomic mass is 9.95. The number of hydrogen-bond donors (Lipinski definition) is 1. The van der Waals surface area contributed by atoms with Crippen molar-refractivity contribution in [2.24, 2.45) is 0 Å². The fraction of sp³-hybridized carbons (Fsp3) is 0.400. The van der Waals surface area contributed by atoms with Crippen molar-refractivity contribution in [1.82, 2.24) is 9.80 Å². The molecule has 1 unspecified atom stereocenters. The number of fused-ring (bicyclic) bond motifs is 2. The number of rotatable bonds is 1. The van der Waals surface area contributed by atoms with E-state index < -0.39 is 0 Å². The molecule has 4 rings (SSSR count). The van der Waals surface area contributed by atoms with Crippen molar-refractivity contribution in [3.63, 3.8) is 0 Å². The normalized spacial score (nSPS) is 21.5. The third-order valence-corrected chi connectivity index (χ3v) is 5.19. The molecule has 1 fully saturated rings. The Bertz CT molecular complexity index is 751. The summed E-state index contributed by atoms with van der Waals surface area (Å²) in [6.07, 6.45) is 0.912. The second kappa shape index (κ2) is 6.11. The van der Waals surface area contributed by atoms with Gasteiger partial charge < -0.3 is 14.7 Å². The SMILES string of the molecule is Cc1ccc2c(c1)C(N1CCN(C)CC1)Cc1ccc(O)cc1O2. The molecule has 0 saturated carbocycles. The summed E-state index contributed by atoms with van der Waals surface area (Å²) in [6, 6.07) is 12.2. The maximum atomic E-state index is 9.82. The first-order valence-corrected chi connectivity index (χ1v) is 8.63. The van der Waals surface area contributed by atoms with Gasteiger partial charge in [-0.2, -0.15) is 0 Å². The Balaban J connectivity index is 1.77. The van der Waals surface area contributed by atoms with Gasteiger partial charge in [0.15, 0.2) is 0 Å². The summed E-state index contributed by atoms with van der Waals surface area (Å²) < 4.78 is 6.18. The van der Waals surface area contributed by atoms with Crippen molar-refractivity contribution in [2.75, 3.05) is 33.2 Å². The molecule has 1 atom stereocenters. The van der Waals surface area contributed by atoms with Gasteiger partial charge in [0.25, 0.3) is 0 Å². The highest BCUT2D eigenvalue weighted by Crippen LogP contribution is 2.42. The minimum Gasteiger partial charge on any atom is -0.508 e. The molecule has 0 aliphatic carbocycles. The van der Waals surface area contributed by atoms with Crippen LogP contribution in [0.3, 0.4) is 0 Å². The molecule has 2 aliphatic heterocycles. The molecular weight excluding hydrogens is 300 g/mol. The van der Waals surface area contributed by atoms with E-state index in [0.29, 0.717) is 6.04 Å². The second-order valence-corrected chi connectivity index (χ2v) is 6.99. The summed E-state index contributed by atoms with van der Waals surface area (Å²) in [5.74, 6) is 1.94. The van der Waals surface area contributed by atoms with Crippen molar-refractivity contribution < 1.29 is 9.84 Å². The zero-order valence-corrected chi connectivity index (χ0v) is 14.3. The third-order valence-electron chi connectivity index (χ3n) is 5.19. The lowest BCUT2D eigenvalue weighted by Gasteiger charge is -2.38. The fourth-order valence-electron chi connectivity index (χ4n) is 3.72. The molecule has 1 N–H and O–H groups in total. The van der Waals surface area contributed by atoms with E-state index in [4.69, 9.17) is 4.74 Å². The van der Waals surface area contributed by atoms with Gasteiger partial charge in [0.05, 0.1) is 0 Å². The van der Waals surface area contributed by atoms with Gasteiger partial charge in [-0.25, -0.2) is 0 Å². The van der Waals surface area contributed by atoms with Crippen LogP contribution in [0, 0.1) is 6.92 Å². The summed E-state index contributed by atoms with van der Waals surface area (Å²) in [7, 11) is 2.18. The molecule has 0 amide bonds. The molecular formula is C20H24N2O2. The molecule has 4 heteroatoms. The average molecular weight is 324 g/mol. The number of likely N-dealkylation sites (N-methyl/N-ethyl adjacent to an activating group) is 1. The molecule has 24 heavy (non-hydrogen) atoms. The number of phenolic OH excluding ortho intramolecular Hbond substituents is 1. The summed E-state index contributed by atoms with van der Waals surface area (Å²) in [6.45, 7) is 6.47. The Morgan fingerprint density at radius 2 is 1.79 bits per heavy atom. The van der Waals surface area contributed by atoms with Crippen molar-refractivity contribution in [3.05, 3.63) is 53.1 Å². The number of aryl methyl sites for hydroxylation is 1. The topological polar surface area (TPSA) is 35.9 Å². The van der Waals surface area contributed by atoms with Gasteiger partial charge in [0.1, 0.15) is 17.2 Å². The van der Waals surface area contributed by atoms with Crippen LogP contribution in [-0.2, 0) is 6.42 Å². The fourth-order valence-corrected chi connectivity index (χ4v) is 3.72. The van der Waals surface area contributed by atoms with Gasteiger partial charge in [-0.05, 0) is 38.1 Å². The highest BCUT2D eigenvalue weighted by molar-refractivity contribution is 5.50. The minimum absolute atomic E-state index is 0.250. The van der Waals surface area contributed by atoms with Crippen LogP contribution in [0.5, 0.6) is 17.2 Å². The van der Waals surface area contributed by atoms with Crippen LogP contribution in [0.2, 0.25) is 0 Å². The van der Waals surface area contributed by atoms with Gasteiger partial charge in [-0.3, -0.25) is 4.90 Å². The van der Waals surface area contributed by atoms with Gasteiger partial charge in [0.2, 0.25) is 0 Å². The van der Waals surface area contributed by atoms with Gasteiger partial charge in [-0.1, -0.05) is 23.8 Å². The van der Waals surface area contributed by atoms with Crippen LogP contribution in [0.25, 0.3) is 0 Å². The Labute approximate surface area is 143 Å². The summed E-state index contributed by atoms with van der Waals surface area (Å²) in [5.41, 5.74) is 3.67. The zero-order valence-electron chi connectivity index (χ0n) is 14.3. The number of ether oxygens (including phenoxy) is 1. The van der Waals surface area contributed by atoms with E-state index in [1.54, 1.807) is 12.1 Å². The molecule has 0 bridgehead atoms. The predicted octanol–water partition coefficient (Wildman–Crippen LogP) is 3.34. The van der Waals surface area contributed by atoms with E-state index in [1.165, 1.54) is 11.1 Å². The summed E-state index contributed by atoms with van der Waals surface area (Å²) >= 11 is 0. The predicted molar refractivity (Wildman–Crippen MR) is 94.9 cm³/mol. The van der Waals surface area contributed by atoms with E-state index in [2.05, 4.69) is 42.0 Å². The molecule has 2 aromatic carbocycles. The number of aromatic hydroxyl groups is 1. The Morgan fingerprint density at radius 3 is 2.58 bits per heavy atom. The van der Waals surface area contributed by atoms with Crippen molar-refractivity contribution in [3.8, 4) is 17.2 Å². The molecule has 0 spiro atoms. The molecule has 2 heterocycles. The van der Waals surface area contributed by atoms with E-state index in [1.807, 2.05) is 6.07 Å². The first kappa shape index (κ1) is 15.5. The highest BCUT2D eigenvalue weighted by Gasteiger charge is 2.30. The molecule has 2 aliphatic rings. The number of hydrogen-bond acceptors (Lipinski definition) is 4. The van der Waals surface area contributed by atoms with Gasteiger partial charge in [-0.15, -0.1) is 0 Å². The smallest absolute Gasteiger partial charge is 0.134 e.